The summed E-state index contributed by atoms with van der Waals surface area (Å²) < 4.78 is 17.7. The van der Waals surface area contributed by atoms with Gasteiger partial charge >= 0.3 is 0 Å². The average molecular weight is 263 g/mol. The fourth-order valence-corrected chi connectivity index (χ4v) is 2.81. The van der Waals surface area contributed by atoms with Crippen molar-refractivity contribution in [1.82, 2.24) is 0 Å². The maximum Gasteiger partial charge on any atom is 0.164 e. The molecule has 0 bridgehead atoms. The Labute approximate surface area is 111 Å². The SMILES string of the molecule is CC1(C)O[C@@H]2[C@@H](CN=O)OC(c3ccccc3)[C@@H]2O1. The van der Waals surface area contributed by atoms with Crippen LogP contribution in [0.4, 0.5) is 0 Å². The van der Waals surface area contributed by atoms with Crippen LogP contribution in [-0.4, -0.2) is 30.6 Å². The van der Waals surface area contributed by atoms with E-state index in [1.807, 2.05) is 44.2 Å². The van der Waals surface area contributed by atoms with E-state index in [-0.39, 0.29) is 31.0 Å². The van der Waals surface area contributed by atoms with Crippen LogP contribution in [0.15, 0.2) is 35.5 Å². The van der Waals surface area contributed by atoms with Crippen LogP contribution in [0.1, 0.15) is 25.5 Å². The van der Waals surface area contributed by atoms with E-state index < -0.39 is 5.79 Å². The highest BCUT2D eigenvalue weighted by Gasteiger charge is 2.55. The molecule has 4 atom stereocenters. The first kappa shape index (κ1) is 12.7. The highest BCUT2D eigenvalue weighted by atomic mass is 16.8. The predicted octanol–water partition coefficient (Wildman–Crippen LogP) is 2.41. The summed E-state index contributed by atoms with van der Waals surface area (Å²) >= 11 is 0. The normalized spacial score (nSPS) is 36.1. The highest BCUT2D eigenvalue weighted by Crippen LogP contribution is 2.45. The Morgan fingerprint density at radius 2 is 1.84 bits per heavy atom. The summed E-state index contributed by atoms with van der Waals surface area (Å²) in [4.78, 5) is 10.5. The molecular formula is C14H17NO4. The molecule has 2 heterocycles. The third-order valence-electron chi connectivity index (χ3n) is 3.53. The molecule has 2 aliphatic heterocycles. The molecule has 0 radical (unpaired) electrons. The topological polar surface area (TPSA) is 57.1 Å². The number of benzene rings is 1. The monoisotopic (exact) mass is 263 g/mol. The van der Waals surface area contributed by atoms with Gasteiger partial charge in [-0.05, 0) is 19.4 Å². The van der Waals surface area contributed by atoms with Crippen LogP contribution in [0, 0.1) is 4.91 Å². The lowest BCUT2D eigenvalue weighted by atomic mass is 10.0. The van der Waals surface area contributed by atoms with Crippen molar-refractivity contribution in [2.75, 3.05) is 6.54 Å². The minimum absolute atomic E-state index is 0.0872. The van der Waals surface area contributed by atoms with E-state index in [1.54, 1.807) is 0 Å². The molecule has 1 aromatic carbocycles. The quantitative estimate of drug-likeness (QED) is 0.786. The third-order valence-corrected chi connectivity index (χ3v) is 3.53. The number of nitrogens with zero attached hydrogens (tertiary/aromatic N) is 1. The van der Waals surface area contributed by atoms with Gasteiger partial charge < -0.3 is 14.2 Å². The summed E-state index contributed by atoms with van der Waals surface area (Å²) in [5.41, 5.74) is 1.03. The van der Waals surface area contributed by atoms with Crippen LogP contribution in [0.2, 0.25) is 0 Å². The van der Waals surface area contributed by atoms with Crippen LogP contribution in [0.3, 0.4) is 0 Å². The van der Waals surface area contributed by atoms with Crippen molar-refractivity contribution in [3.05, 3.63) is 40.8 Å². The van der Waals surface area contributed by atoms with Crippen molar-refractivity contribution >= 4 is 0 Å². The molecular weight excluding hydrogens is 246 g/mol. The Kier molecular flexibility index (Phi) is 3.12. The van der Waals surface area contributed by atoms with E-state index in [9.17, 15) is 4.91 Å². The van der Waals surface area contributed by atoms with Gasteiger partial charge in [0.15, 0.2) is 5.79 Å². The Bertz CT molecular complexity index is 462. The van der Waals surface area contributed by atoms with Gasteiger partial charge in [-0.3, -0.25) is 0 Å². The maximum absolute atomic E-state index is 10.5. The first-order valence-electron chi connectivity index (χ1n) is 6.46. The summed E-state index contributed by atoms with van der Waals surface area (Å²) in [7, 11) is 0. The van der Waals surface area contributed by atoms with E-state index in [0.29, 0.717) is 0 Å². The van der Waals surface area contributed by atoms with Gasteiger partial charge in [-0.25, -0.2) is 0 Å². The smallest absolute Gasteiger partial charge is 0.164 e. The minimum Gasteiger partial charge on any atom is -0.363 e. The van der Waals surface area contributed by atoms with E-state index in [2.05, 4.69) is 5.18 Å². The minimum atomic E-state index is -0.646. The van der Waals surface area contributed by atoms with Crippen molar-refractivity contribution in [2.24, 2.45) is 5.18 Å². The van der Waals surface area contributed by atoms with Crippen molar-refractivity contribution in [2.45, 2.75) is 44.1 Å². The first-order valence-corrected chi connectivity index (χ1v) is 6.46. The fraction of sp³-hybridized carbons (Fsp3) is 0.571. The third kappa shape index (κ3) is 2.29. The fourth-order valence-electron chi connectivity index (χ4n) is 2.81. The predicted molar refractivity (Wildman–Crippen MR) is 68.5 cm³/mol. The molecule has 2 saturated heterocycles. The molecule has 2 fully saturated rings. The molecule has 5 heteroatoms. The Hall–Kier alpha value is -1.30. The lowest BCUT2D eigenvalue weighted by molar-refractivity contribution is -0.186. The lowest BCUT2D eigenvalue weighted by Crippen LogP contribution is -2.31. The molecule has 0 aromatic heterocycles. The summed E-state index contributed by atoms with van der Waals surface area (Å²) in [5.74, 6) is -0.646. The number of fused-ring (bicyclic) bond motifs is 1. The molecule has 1 aromatic rings. The molecule has 0 N–H and O–H groups in total. The van der Waals surface area contributed by atoms with Gasteiger partial charge in [0.2, 0.25) is 0 Å². The van der Waals surface area contributed by atoms with Crippen molar-refractivity contribution in [1.29, 1.82) is 0 Å². The second kappa shape index (κ2) is 4.67. The van der Waals surface area contributed by atoms with Crippen LogP contribution in [0.5, 0.6) is 0 Å². The number of rotatable bonds is 3. The molecule has 1 unspecified atom stereocenters. The van der Waals surface area contributed by atoms with Crippen molar-refractivity contribution < 1.29 is 14.2 Å². The zero-order chi connectivity index (χ0) is 13.5. The molecule has 0 saturated carbocycles. The second-order valence-corrected chi connectivity index (χ2v) is 5.38. The maximum atomic E-state index is 10.5. The lowest BCUT2D eigenvalue weighted by Gasteiger charge is -2.23. The molecule has 2 aliphatic rings. The molecule has 19 heavy (non-hydrogen) atoms. The van der Waals surface area contributed by atoms with Gasteiger partial charge in [0.05, 0.1) is 0 Å². The van der Waals surface area contributed by atoms with E-state index >= 15 is 0 Å². The molecule has 5 nitrogen and oxygen atoms in total. The van der Waals surface area contributed by atoms with Gasteiger partial charge in [-0.15, -0.1) is 0 Å². The number of nitroso groups, excluding NO2 is 1. The van der Waals surface area contributed by atoms with Gasteiger partial charge in [-0.1, -0.05) is 35.5 Å². The summed E-state index contributed by atoms with van der Waals surface area (Å²) in [5, 5.41) is 2.94. The summed E-state index contributed by atoms with van der Waals surface area (Å²) in [6, 6.07) is 9.86. The van der Waals surface area contributed by atoms with Gasteiger partial charge in [0.25, 0.3) is 0 Å². The zero-order valence-electron chi connectivity index (χ0n) is 11.0. The average Bonchev–Trinajstić information content (AvgIpc) is 2.86. The van der Waals surface area contributed by atoms with E-state index in [1.165, 1.54) is 0 Å². The molecule has 0 aliphatic carbocycles. The van der Waals surface area contributed by atoms with Crippen molar-refractivity contribution in [3.8, 4) is 0 Å². The first-order chi connectivity index (χ1) is 9.11. The van der Waals surface area contributed by atoms with Crippen LogP contribution < -0.4 is 0 Å². The van der Waals surface area contributed by atoms with Crippen molar-refractivity contribution in [3.63, 3.8) is 0 Å². The van der Waals surface area contributed by atoms with Crippen LogP contribution in [0.25, 0.3) is 0 Å². The van der Waals surface area contributed by atoms with E-state index in [4.69, 9.17) is 14.2 Å². The second-order valence-electron chi connectivity index (χ2n) is 5.38. The van der Waals surface area contributed by atoms with Crippen LogP contribution in [-0.2, 0) is 14.2 Å². The molecule has 0 spiro atoms. The number of ether oxygens (including phenoxy) is 3. The molecule has 3 rings (SSSR count). The Morgan fingerprint density at radius 3 is 2.53 bits per heavy atom. The van der Waals surface area contributed by atoms with Gasteiger partial charge in [0.1, 0.15) is 31.0 Å². The number of hydrogen-bond acceptors (Lipinski definition) is 5. The van der Waals surface area contributed by atoms with E-state index in [0.717, 1.165) is 5.56 Å². The molecule has 102 valence electrons. The van der Waals surface area contributed by atoms with Crippen LogP contribution >= 0.6 is 0 Å². The Balaban J connectivity index is 1.88. The Morgan fingerprint density at radius 1 is 1.16 bits per heavy atom. The van der Waals surface area contributed by atoms with Gasteiger partial charge in [-0.2, -0.15) is 4.91 Å². The number of hydrogen-bond donors (Lipinski definition) is 0. The summed E-state index contributed by atoms with van der Waals surface area (Å²) in [6.45, 7) is 3.83. The largest absolute Gasteiger partial charge is 0.363 e. The summed E-state index contributed by atoms with van der Waals surface area (Å²) in [6.07, 6.45) is -0.976. The standard InChI is InChI=1S/C14H17NO4/c1-14(2)18-12-10(8-15-16)17-11(13(12)19-14)9-6-4-3-5-7-9/h3-7,10-13H,8H2,1-2H3/t10-,11?,12-,13+/m1/s1. The zero-order valence-corrected chi connectivity index (χ0v) is 11.0. The van der Waals surface area contributed by atoms with Gasteiger partial charge in [0, 0.05) is 0 Å². The molecule has 0 amide bonds. The highest BCUT2D eigenvalue weighted by molar-refractivity contribution is 5.21.